The highest BCUT2D eigenvalue weighted by Crippen LogP contribution is 2.18. The summed E-state index contributed by atoms with van der Waals surface area (Å²) in [5.74, 6) is -1.25. The van der Waals surface area contributed by atoms with E-state index in [2.05, 4.69) is 10.3 Å². The van der Waals surface area contributed by atoms with Gasteiger partial charge in [-0.3, -0.25) is 9.78 Å². The number of amides is 1. The molecule has 0 spiro atoms. The second-order valence-electron chi connectivity index (χ2n) is 4.44. The maximum atomic E-state index is 12.1. The van der Waals surface area contributed by atoms with Gasteiger partial charge in [0.1, 0.15) is 0 Å². The van der Waals surface area contributed by atoms with E-state index < -0.39 is 5.97 Å². The van der Waals surface area contributed by atoms with E-state index in [1.807, 2.05) is 13.0 Å². The van der Waals surface area contributed by atoms with Crippen molar-refractivity contribution >= 4 is 23.6 Å². The predicted octanol–water partition coefficient (Wildman–Crippen LogP) is 2.74. The Kier molecular flexibility index (Phi) is 4.46. The Morgan fingerprint density at radius 1 is 1.19 bits per heavy atom. The first kappa shape index (κ1) is 14.5. The molecule has 1 aromatic heterocycles. The minimum Gasteiger partial charge on any atom is -0.478 e. The summed E-state index contributed by atoms with van der Waals surface area (Å²) < 4.78 is 0. The van der Waals surface area contributed by atoms with Gasteiger partial charge in [0, 0.05) is 29.7 Å². The van der Waals surface area contributed by atoms with Crippen LogP contribution in [0.25, 0.3) is 6.08 Å². The van der Waals surface area contributed by atoms with Crippen LogP contribution in [0, 0.1) is 6.92 Å². The minimum absolute atomic E-state index is 0.236. The van der Waals surface area contributed by atoms with E-state index in [1.54, 1.807) is 36.7 Å². The quantitative estimate of drug-likeness (QED) is 0.845. The molecule has 0 saturated heterocycles. The van der Waals surface area contributed by atoms with Gasteiger partial charge in [0.25, 0.3) is 5.91 Å². The molecule has 21 heavy (non-hydrogen) atoms. The van der Waals surface area contributed by atoms with Crippen molar-refractivity contribution in [3.8, 4) is 0 Å². The van der Waals surface area contributed by atoms with Gasteiger partial charge in [-0.2, -0.15) is 0 Å². The zero-order chi connectivity index (χ0) is 15.2. The number of pyridine rings is 1. The number of hydrogen-bond acceptors (Lipinski definition) is 3. The van der Waals surface area contributed by atoms with Gasteiger partial charge >= 0.3 is 5.97 Å². The molecule has 0 bridgehead atoms. The first-order valence-corrected chi connectivity index (χ1v) is 6.29. The SMILES string of the molecule is Cc1ccc(C=CC(=O)O)cc1NC(=O)c1ccncc1. The molecule has 0 saturated carbocycles. The average Bonchev–Trinajstić information content (AvgIpc) is 2.48. The van der Waals surface area contributed by atoms with Crippen LogP contribution < -0.4 is 5.32 Å². The van der Waals surface area contributed by atoms with Crippen LogP contribution in [0.15, 0.2) is 48.8 Å². The smallest absolute Gasteiger partial charge is 0.328 e. The largest absolute Gasteiger partial charge is 0.478 e. The van der Waals surface area contributed by atoms with Gasteiger partial charge in [0.2, 0.25) is 0 Å². The number of nitrogens with zero attached hydrogens (tertiary/aromatic N) is 1. The molecular weight excluding hydrogens is 268 g/mol. The molecule has 106 valence electrons. The molecule has 2 N–H and O–H groups in total. The van der Waals surface area contributed by atoms with Gasteiger partial charge in [-0.15, -0.1) is 0 Å². The first-order chi connectivity index (χ1) is 10.1. The average molecular weight is 282 g/mol. The van der Waals surface area contributed by atoms with E-state index in [4.69, 9.17) is 5.11 Å². The Hall–Kier alpha value is -2.95. The van der Waals surface area contributed by atoms with Crippen LogP contribution in [0.1, 0.15) is 21.5 Å². The van der Waals surface area contributed by atoms with Crippen LogP contribution in [0.3, 0.4) is 0 Å². The van der Waals surface area contributed by atoms with Gasteiger partial charge < -0.3 is 10.4 Å². The molecule has 1 aromatic carbocycles. The predicted molar refractivity (Wildman–Crippen MR) is 80.0 cm³/mol. The summed E-state index contributed by atoms with van der Waals surface area (Å²) in [4.78, 5) is 26.5. The number of carboxylic acids is 1. The van der Waals surface area contributed by atoms with E-state index in [1.165, 1.54) is 6.08 Å². The van der Waals surface area contributed by atoms with E-state index in [0.717, 1.165) is 11.6 Å². The molecule has 0 fully saturated rings. The third kappa shape index (κ3) is 4.01. The first-order valence-electron chi connectivity index (χ1n) is 6.29. The number of hydrogen-bond donors (Lipinski definition) is 2. The Labute approximate surface area is 122 Å². The molecule has 0 atom stereocenters. The van der Waals surface area contributed by atoms with Gasteiger partial charge in [-0.05, 0) is 42.3 Å². The zero-order valence-electron chi connectivity index (χ0n) is 11.4. The molecule has 5 heteroatoms. The van der Waals surface area contributed by atoms with Crippen molar-refractivity contribution in [1.29, 1.82) is 0 Å². The van der Waals surface area contributed by atoms with Crippen LogP contribution in [-0.2, 0) is 4.79 Å². The lowest BCUT2D eigenvalue weighted by molar-refractivity contribution is -0.131. The molecular formula is C16H14N2O3. The maximum Gasteiger partial charge on any atom is 0.328 e. The molecule has 0 aliphatic carbocycles. The molecule has 0 aliphatic rings. The summed E-state index contributed by atoms with van der Waals surface area (Å²) in [7, 11) is 0. The number of aromatic nitrogens is 1. The lowest BCUT2D eigenvalue weighted by Crippen LogP contribution is -2.12. The van der Waals surface area contributed by atoms with Gasteiger partial charge in [-0.25, -0.2) is 4.79 Å². The van der Waals surface area contributed by atoms with Crippen LogP contribution in [0.2, 0.25) is 0 Å². The van der Waals surface area contributed by atoms with E-state index in [9.17, 15) is 9.59 Å². The number of carbonyl (C=O) groups is 2. The number of aliphatic carboxylic acids is 1. The number of carboxylic acid groups (broad SMARTS) is 1. The zero-order valence-corrected chi connectivity index (χ0v) is 11.4. The standard InChI is InChI=1S/C16H14N2O3/c1-11-2-3-12(4-5-15(19)20)10-14(11)18-16(21)13-6-8-17-9-7-13/h2-10H,1H3,(H,18,21)(H,19,20). The fraction of sp³-hybridized carbons (Fsp3) is 0.0625. The maximum absolute atomic E-state index is 12.1. The topological polar surface area (TPSA) is 79.3 Å². The van der Waals surface area contributed by atoms with Crippen LogP contribution in [0.4, 0.5) is 5.69 Å². The third-order valence-corrected chi connectivity index (χ3v) is 2.87. The Balaban J connectivity index is 2.21. The van der Waals surface area contributed by atoms with Gasteiger partial charge in [-0.1, -0.05) is 12.1 Å². The van der Waals surface area contributed by atoms with Crippen LogP contribution >= 0.6 is 0 Å². The Morgan fingerprint density at radius 3 is 2.57 bits per heavy atom. The van der Waals surface area contributed by atoms with Crippen molar-refractivity contribution in [3.63, 3.8) is 0 Å². The molecule has 2 rings (SSSR count). The van der Waals surface area contributed by atoms with Crippen molar-refractivity contribution in [2.24, 2.45) is 0 Å². The summed E-state index contributed by atoms with van der Waals surface area (Å²) in [6, 6.07) is 8.59. The van der Waals surface area contributed by atoms with Crippen LogP contribution in [0.5, 0.6) is 0 Å². The molecule has 0 radical (unpaired) electrons. The molecule has 0 aliphatic heterocycles. The number of anilines is 1. The summed E-state index contributed by atoms with van der Waals surface area (Å²) >= 11 is 0. The van der Waals surface area contributed by atoms with Crippen molar-refractivity contribution in [1.82, 2.24) is 4.98 Å². The van der Waals surface area contributed by atoms with E-state index in [0.29, 0.717) is 16.8 Å². The highest BCUT2D eigenvalue weighted by Gasteiger charge is 2.07. The van der Waals surface area contributed by atoms with Crippen LogP contribution in [-0.4, -0.2) is 22.0 Å². The van der Waals surface area contributed by atoms with Crippen molar-refractivity contribution in [2.75, 3.05) is 5.32 Å². The number of aryl methyl sites for hydroxylation is 1. The molecule has 2 aromatic rings. The lowest BCUT2D eigenvalue weighted by atomic mass is 10.1. The molecule has 5 nitrogen and oxygen atoms in total. The highest BCUT2D eigenvalue weighted by molar-refractivity contribution is 6.04. The minimum atomic E-state index is -1.02. The van der Waals surface area contributed by atoms with E-state index >= 15 is 0 Å². The Morgan fingerprint density at radius 2 is 1.90 bits per heavy atom. The summed E-state index contributed by atoms with van der Waals surface area (Å²) in [6.45, 7) is 1.87. The molecule has 0 unspecified atom stereocenters. The van der Waals surface area contributed by atoms with Gasteiger partial charge in [0.05, 0.1) is 0 Å². The number of rotatable bonds is 4. The number of benzene rings is 1. The van der Waals surface area contributed by atoms with Gasteiger partial charge in [0.15, 0.2) is 0 Å². The summed E-state index contributed by atoms with van der Waals surface area (Å²) in [6.07, 6.45) is 5.63. The summed E-state index contributed by atoms with van der Waals surface area (Å²) in [5, 5.41) is 11.4. The summed E-state index contributed by atoms with van der Waals surface area (Å²) in [5.41, 5.74) is 2.75. The second kappa shape index (κ2) is 6.47. The lowest BCUT2D eigenvalue weighted by Gasteiger charge is -2.09. The normalized spacial score (nSPS) is 10.5. The number of nitrogens with one attached hydrogen (secondary N) is 1. The Bertz CT molecular complexity index is 694. The third-order valence-electron chi connectivity index (χ3n) is 2.87. The fourth-order valence-corrected chi connectivity index (χ4v) is 1.74. The van der Waals surface area contributed by atoms with E-state index in [-0.39, 0.29) is 5.91 Å². The monoisotopic (exact) mass is 282 g/mol. The molecule has 1 amide bonds. The van der Waals surface area contributed by atoms with Crippen molar-refractivity contribution in [2.45, 2.75) is 6.92 Å². The van der Waals surface area contributed by atoms with Crippen molar-refractivity contribution in [3.05, 3.63) is 65.5 Å². The highest BCUT2D eigenvalue weighted by atomic mass is 16.4. The second-order valence-corrected chi connectivity index (χ2v) is 4.44. The molecule has 1 heterocycles. The number of carbonyl (C=O) groups excluding carboxylic acids is 1. The fourth-order valence-electron chi connectivity index (χ4n) is 1.74. The van der Waals surface area contributed by atoms with Crippen molar-refractivity contribution < 1.29 is 14.7 Å².